The molecule has 3 heterocycles. The number of sulfone groups is 1. The molecule has 0 radical (unpaired) electrons. The molecule has 1 saturated heterocycles. The Kier molecular flexibility index (Phi) is 5.33. The van der Waals surface area contributed by atoms with Gasteiger partial charge in [0.25, 0.3) is 0 Å². The number of nitrogens with zero attached hydrogens (tertiary/aromatic N) is 5. The minimum absolute atomic E-state index is 0.272. The molecule has 9 heteroatoms. The number of piperazine rings is 1. The number of rotatable bonds is 5. The number of aryl methyl sites for hydroxylation is 1. The van der Waals surface area contributed by atoms with Crippen molar-refractivity contribution in [2.24, 2.45) is 0 Å². The predicted octanol–water partition coefficient (Wildman–Crippen LogP) is 2.17. The minimum atomic E-state index is -3.32. The predicted molar refractivity (Wildman–Crippen MR) is 109 cm³/mol. The van der Waals surface area contributed by atoms with Crippen molar-refractivity contribution in [2.45, 2.75) is 18.4 Å². The Balaban J connectivity index is 1.41. The average molecular weight is 414 g/mol. The Morgan fingerprint density at radius 1 is 1.07 bits per heavy atom. The number of anilines is 1. The monoisotopic (exact) mass is 413 g/mol. The van der Waals surface area contributed by atoms with Crippen LogP contribution in [0.2, 0.25) is 0 Å². The summed E-state index contributed by atoms with van der Waals surface area (Å²) in [4.78, 5) is 13.3. The molecule has 0 unspecified atom stereocenters. The Hall–Kier alpha value is -2.78. The molecule has 3 aromatic rings. The van der Waals surface area contributed by atoms with Crippen LogP contribution in [0.4, 0.5) is 5.82 Å². The van der Waals surface area contributed by atoms with E-state index in [2.05, 4.69) is 20.0 Å². The summed E-state index contributed by atoms with van der Waals surface area (Å²) < 4.78 is 29.5. The first kappa shape index (κ1) is 19.5. The van der Waals surface area contributed by atoms with Crippen LogP contribution in [0.5, 0.6) is 0 Å². The lowest BCUT2D eigenvalue weighted by Gasteiger charge is -2.35. The number of hydrogen-bond acceptors (Lipinski definition) is 8. The van der Waals surface area contributed by atoms with Crippen molar-refractivity contribution >= 4 is 15.7 Å². The number of aromatic nitrogens is 3. The fourth-order valence-corrected chi connectivity index (χ4v) is 4.31. The fourth-order valence-electron chi connectivity index (χ4n) is 3.47. The molecular formula is C20H23N5O3S. The van der Waals surface area contributed by atoms with Crippen LogP contribution in [-0.4, -0.2) is 60.9 Å². The zero-order chi connectivity index (χ0) is 20.4. The van der Waals surface area contributed by atoms with Crippen molar-refractivity contribution in [2.75, 3.05) is 37.3 Å². The maximum Gasteiger partial charge on any atom is 0.241 e. The van der Waals surface area contributed by atoms with E-state index in [1.165, 1.54) is 6.26 Å². The van der Waals surface area contributed by atoms with Gasteiger partial charge in [0.15, 0.2) is 9.84 Å². The summed E-state index contributed by atoms with van der Waals surface area (Å²) in [6.45, 7) is 5.45. The molecule has 152 valence electrons. The molecule has 0 aliphatic carbocycles. The second-order valence-corrected chi connectivity index (χ2v) is 9.17. The van der Waals surface area contributed by atoms with E-state index >= 15 is 0 Å². The van der Waals surface area contributed by atoms with Crippen LogP contribution in [0.25, 0.3) is 11.4 Å². The van der Waals surface area contributed by atoms with Gasteiger partial charge < -0.3 is 9.42 Å². The smallest absolute Gasteiger partial charge is 0.241 e. The van der Waals surface area contributed by atoms with Crippen molar-refractivity contribution in [3.05, 3.63) is 54.0 Å². The first-order chi connectivity index (χ1) is 13.9. The van der Waals surface area contributed by atoms with Crippen molar-refractivity contribution in [1.82, 2.24) is 20.0 Å². The van der Waals surface area contributed by atoms with E-state index in [0.717, 1.165) is 24.2 Å². The third-order valence-corrected chi connectivity index (χ3v) is 6.15. The molecule has 1 fully saturated rings. The summed E-state index contributed by atoms with van der Waals surface area (Å²) >= 11 is 0. The first-order valence-corrected chi connectivity index (χ1v) is 11.3. The maximum atomic E-state index is 12.0. The third kappa shape index (κ3) is 4.30. The van der Waals surface area contributed by atoms with Crippen molar-refractivity contribution < 1.29 is 12.9 Å². The number of benzene rings is 1. The average Bonchev–Trinajstić information content (AvgIpc) is 3.16. The number of hydrogen-bond donors (Lipinski definition) is 0. The summed E-state index contributed by atoms with van der Waals surface area (Å²) in [6.07, 6.45) is 2.84. The van der Waals surface area contributed by atoms with Gasteiger partial charge in [-0.05, 0) is 24.6 Å². The molecule has 0 N–H and O–H groups in total. The summed E-state index contributed by atoms with van der Waals surface area (Å²) in [5, 5.41) is 4.11. The van der Waals surface area contributed by atoms with Gasteiger partial charge in [-0.1, -0.05) is 29.4 Å². The van der Waals surface area contributed by atoms with E-state index in [9.17, 15) is 8.42 Å². The van der Waals surface area contributed by atoms with Crippen molar-refractivity contribution in [3.8, 4) is 11.4 Å². The van der Waals surface area contributed by atoms with Crippen LogP contribution in [0, 0.1) is 6.92 Å². The lowest BCUT2D eigenvalue weighted by molar-refractivity contribution is 0.215. The SMILES string of the molecule is Cc1ccccc1-c1noc(CN2CCN(c3ncccc3S(C)(=O)=O)CC2)n1. The zero-order valence-electron chi connectivity index (χ0n) is 16.4. The molecule has 1 aromatic carbocycles. The highest BCUT2D eigenvalue weighted by molar-refractivity contribution is 7.90. The second kappa shape index (κ2) is 7.92. The highest BCUT2D eigenvalue weighted by Gasteiger charge is 2.24. The van der Waals surface area contributed by atoms with Crippen LogP contribution >= 0.6 is 0 Å². The molecule has 0 spiro atoms. The van der Waals surface area contributed by atoms with E-state index in [4.69, 9.17) is 4.52 Å². The van der Waals surface area contributed by atoms with Crippen LogP contribution in [0.3, 0.4) is 0 Å². The molecule has 8 nitrogen and oxygen atoms in total. The summed E-state index contributed by atoms with van der Waals surface area (Å²) in [5.74, 6) is 1.70. The Bertz CT molecular complexity index is 1100. The highest BCUT2D eigenvalue weighted by Crippen LogP contribution is 2.24. The number of pyridine rings is 1. The maximum absolute atomic E-state index is 12.0. The van der Waals surface area contributed by atoms with Gasteiger partial charge >= 0.3 is 0 Å². The van der Waals surface area contributed by atoms with Gasteiger partial charge in [0, 0.05) is 44.2 Å². The Morgan fingerprint density at radius 3 is 2.55 bits per heavy atom. The topological polar surface area (TPSA) is 92.4 Å². The van der Waals surface area contributed by atoms with E-state index in [-0.39, 0.29) is 4.90 Å². The van der Waals surface area contributed by atoms with Gasteiger partial charge in [0.2, 0.25) is 11.7 Å². The zero-order valence-corrected chi connectivity index (χ0v) is 17.3. The minimum Gasteiger partial charge on any atom is -0.353 e. The molecule has 0 amide bonds. The first-order valence-electron chi connectivity index (χ1n) is 9.43. The van der Waals surface area contributed by atoms with Crippen LogP contribution < -0.4 is 4.90 Å². The molecule has 0 saturated carbocycles. The molecule has 29 heavy (non-hydrogen) atoms. The molecule has 4 rings (SSSR count). The van der Waals surface area contributed by atoms with Crippen LogP contribution in [0.1, 0.15) is 11.5 Å². The van der Waals surface area contributed by atoms with Gasteiger partial charge in [-0.3, -0.25) is 4.90 Å². The van der Waals surface area contributed by atoms with Gasteiger partial charge in [-0.2, -0.15) is 4.98 Å². The van der Waals surface area contributed by atoms with Crippen molar-refractivity contribution in [1.29, 1.82) is 0 Å². The second-order valence-electron chi connectivity index (χ2n) is 7.19. The molecule has 1 aliphatic rings. The summed E-state index contributed by atoms with van der Waals surface area (Å²) in [5.41, 5.74) is 2.07. The Morgan fingerprint density at radius 2 is 1.83 bits per heavy atom. The van der Waals surface area contributed by atoms with E-state index in [1.54, 1.807) is 18.3 Å². The van der Waals surface area contributed by atoms with Gasteiger partial charge in [0.05, 0.1) is 6.54 Å². The normalized spacial score (nSPS) is 15.6. The molecule has 1 aliphatic heterocycles. The quantitative estimate of drug-likeness (QED) is 0.628. The standard InChI is InChI=1S/C20H23N5O3S/c1-15-6-3-4-7-16(15)19-22-18(28-23-19)14-24-10-12-25(13-11-24)20-17(29(2,26)27)8-5-9-21-20/h3-9H,10-14H2,1-2H3. The van der Waals surface area contributed by atoms with E-state index in [0.29, 0.717) is 37.2 Å². The summed E-state index contributed by atoms with van der Waals surface area (Å²) in [6, 6.07) is 11.2. The summed E-state index contributed by atoms with van der Waals surface area (Å²) in [7, 11) is -3.32. The molecular weight excluding hydrogens is 390 g/mol. The molecule has 2 aromatic heterocycles. The largest absolute Gasteiger partial charge is 0.353 e. The van der Waals surface area contributed by atoms with E-state index in [1.807, 2.05) is 36.1 Å². The van der Waals surface area contributed by atoms with Crippen molar-refractivity contribution in [3.63, 3.8) is 0 Å². The van der Waals surface area contributed by atoms with Crippen LogP contribution in [-0.2, 0) is 16.4 Å². The van der Waals surface area contributed by atoms with Gasteiger partial charge in [0.1, 0.15) is 10.7 Å². The lowest BCUT2D eigenvalue weighted by atomic mass is 10.1. The molecule has 0 bridgehead atoms. The van der Waals surface area contributed by atoms with Gasteiger partial charge in [-0.15, -0.1) is 0 Å². The third-order valence-electron chi connectivity index (χ3n) is 5.04. The Labute approximate surface area is 170 Å². The highest BCUT2D eigenvalue weighted by atomic mass is 32.2. The van der Waals surface area contributed by atoms with Crippen LogP contribution in [0.15, 0.2) is 52.0 Å². The van der Waals surface area contributed by atoms with Gasteiger partial charge in [-0.25, -0.2) is 13.4 Å². The lowest BCUT2D eigenvalue weighted by Crippen LogP contribution is -2.46. The fraction of sp³-hybridized carbons (Fsp3) is 0.350. The molecule has 0 atom stereocenters. The van der Waals surface area contributed by atoms with E-state index < -0.39 is 9.84 Å².